The van der Waals surface area contributed by atoms with Crippen molar-refractivity contribution >= 4 is 5.91 Å². The summed E-state index contributed by atoms with van der Waals surface area (Å²) in [6, 6.07) is 3.83. The maximum Gasteiger partial charge on any atom is 0.270 e. The Morgan fingerprint density at radius 3 is 2.53 bits per heavy atom. The normalized spacial score (nSPS) is 19.2. The lowest BCUT2D eigenvalue weighted by atomic mass is 9.89. The second-order valence-electron chi connectivity index (χ2n) is 5.99. The van der Waals surface area contributed by atoms with Gasteiger partial charge in [0.25, 0.3) is 5.91 Å². The first kappa shape index (κ1) is 14.0. The maximum atomic E-state index is 12.3. The molecule has 0 spiro atoms. The Morgan fingerprint density at radius 2 is 1.95 bits per heavy atom. The predicted molar refractivity (Wildman–Crippen MR) is 76.3 cm³/mol. The third kappa shape index (κ3) is 3.53. The highest BCUT2D eigenvalue weighted by molar-refractivity contribution is 5.93. The van der Waals surface area contributed by atoms with Gasteiger partial charge in [-0.15, -0.1) is 0 Å². The molecule has 0 unspecified atom stereocenters. The second kappa shape index (κ2) is 5.29. The van der Waals surface area contributed by atoms with E-state index in [1.54, 1.807) is 0 Å². The summed E-state index contributed by atoms with van der Waals surface area (Å²) in [5.41, 5.74) is 2.38. The Bertz CT molecular complexity index is 456. The molecule has 1 fully saturated rings. The molecule has 1 saturated heterocycles. The monoisotopic (exact) mass is 261 g/mol. The number of nitrogens with zero attached hydrogens (tertiary/aromatic N) is 2. The van der Waals surface area contributed by atoms with E-state index in [1.807, 2.05) is 26.0 Å². The van der Waals surface area contributed by atoms with Crippen molar-refractivity contribution in [3.8, 4) is 0 Å². The van der Waals surface area contributed by atoms with E-state index >= 15 is 0 Å². The van der Waals surface area contributed by atoms with E-state index in [2.05, 4.69) is 29.2 Å². The van der Waals surface area contributed by atoms with Gasteiger partial charge in [-0.3, -0.25) is 4.79 Å². The standard InChI is InChI=1S/C15H23N3O/c1-11-9-12(2)16-13(10-11)14(19)17-15(3)5-7-18(4)8-6-15/h9-10H,5-8H2,1-4H3,(H,17,19). The van der Waals surface area contributed by atoms with Gasteiger partial charge in [0.15, 0.2) is 0 Å². The van der Waals surface area contributed by atoms with E-state index in [1.165, 1.54) is 0 Å². The fraction of sp³-hybridized carbons (Fsp3) is 0.600. The molecular weight excluding hydrogens is 238 g/mol. The molecule has 0 atom stereocenters. The van der Waals surface area contributed by atoms with Gasteiger partial charge >= 0.3 is 0 Å². The number of piperidine rings is 1. The van der Waals surface area contributed by atoms with Gasteiger partial charge in [0.05, 0.1) is 0 Å². The first-order chi connectivity index (χ1) is 8.88. The fourth-order valence-corrected chi connectivity index (χ4v) is 2.53. The van der Waals surface area contributed by atoms with Crippen LogP contribution >= 0.6 is 0 Å². The summed E-state index contributed by atoms with van der Waals surface area (Å²) < 4.78 is 0. The summed E-state index contributed by atoms with van der Waals surface area (Å²) >= 11 is 0. The molecule has 0 aliphatic carbocycles. The number of amides is 1. The Kier molecular flexibility index (Phi) is 3.90. The number of rotatable bonds is 2. The van der Waals surface area contributed by atoms with Gasteiger partial charge in [-0.05, 0) is 58.4 Å². The Hall–Kier alpha value is -1.42. The number of carbonyl (C=O) groups excluding carboxylic acids is 1. The van der Waals surface area contributed by atoms with Crippen molar-refractivity contribution in [2.24, 2.45) is 0 Å². The number of carbonyl (C=O) groups is 1. The number of pyridine rings is 1. The van der Waals surface area contributed by atoms with E-state index in [4.69, 9.17) is 0 Å². The minimum absolute atomic E-state index is 0.0566. The molecule has 4 nitrogen and oxygen atoms in total. The summed E-state index contributed by atoms with van der Waals surface area (Å²) in [5.74, 6) is -0.0566. The second-order valence-corrected chi connectivity index (χ2v) is 5.99. The van der Waals surface area contributed by atoms with Crippen LogP contribution in [0.25, 0.3) is 0 Å². The smallest absolute Gasteiger partial charge is 0.270 e. The third-order valence-electron chi connectivity index (χ3n) is 3.84. The zero-order valence-electron chi connectivity index (χ0n) is 12.3. The van der Waals surface area contributed by atoms with Crippen LogP contribution in [0.5, 0.6) is 0 Å². The van der Waals surface area contributed by atoms with Crippen LogP contribution in [-0.2, 0) is 0 Å². The van der Waals surface area contributed by atoms with Gasteiger partial charge in [0.2, 0.25) is 0 Å². The van der Waals surface area contributed by atoms with Gasteiger partial charge in [-0.2, -0.15) is 0 Å². The van der Waals surface area contributed by atoms with Crippen molar-refractivity contribution in [3.05, 3.63) is 29.1 Å². The summed E-state index contributed by atoms with van der Waals surface area (Å²) in [7, 11) is 2.12. The van der Waals surface area contributed by atoms with E-state index in [0.717, 1.165) is 37.2 Å². The van der Waals surface area contributed by atoms with Crippen LogP contribution in [0.3, 0.4) is 0 Å². The Labute approximate surface area is 115 Å². The summed E-state index contributed by atoms with van der Waals surface area (Å²) in [6.07, 6.45) is 1.97. The molecular formula is C15H23N3O. The van der Waals surface area contributed by atoms with E-state index in [-0.39, 0.29) is 11.4 Å². The molecule has 0 saturated carbocycles. The van der Waals surface area contributed by atoms with Crippen molar-refractivity contribution < 1.29 is 4.79 Å². The van der Waals surface area contributed by atoms with Crippen LogP contribution in [0.1, 0.15) is 41.5 Å². The molecule has 0 aromatic carbocycles. The first-order valence-electron chi connectivity index (χ1n) is 6.84. The molecule has 2 heterocycles. The molecule has 1 N–H and O–H groups in total. The number of hydrogen-bond acceptors (Lipinski definition) is 3. The predicted octanol–water partition coefficient (Wildman–Crippen LogP) is 1.91. The van der Waals surface area contributed by atoms with Crippen LogP contribution in [-0.4, -0.2) is 41.5 Å². The van der Waals surface area contributed by atoms with Crippen molar-refractivity contribution in [1.82, 2.24) is 15.2 Å². The third-order valence-corrected chi connectivity index (χ3v) is 3.84. The van der Waals surface area contributed by atoms with Crippen molar-refractivity contribution in [2.45, 2.75) is 39.2 Å². The molecule has 1 aliphatic rings. The van der Waals surface area contributed by atoms with Gasteiger partial charge in [0, 0.05) is 24.3 Å². The highest BCUT2D eigenvalue weighted by Gasteiger charge is 2.30. The summed E-state index contributed by atoms with van der Waals surface area (Å²) in [6.45, 7) is 8.08. The van der Waals surface area contributed by atoms with Gasteiger partial charge in [0.1, 0.15) is 5.69 Å². The molecule has 4 heteroatoms. The van der Waals surface area contributed by atoms with Crippen LogP contribution in [0, 0.1) is 13.8 Å². The zero-order valence-corrected chi connectivity index (χ0v) is 12.3. The van der Waals surface area contributed by atoms with E-state index < -0.39 is 0 Å². The lowest BCUT2D eigenvalue weighted by Gasteiger charge is -2.38. The fourth-order valence-electron chi connectivity index (χ4n) is 2.53. The molecule has 19 heavy (non-hydrogen) atoms. The molecule has 1 aromatic rings. The summed E-state index contributed by atoms with van der Waals surface area (Å²) in [5, 5.41) is 3.16. The van der Waals surface area contributed by atoms with Crippen molar-refractivity contribution in [1.29, 1.82) is 0 Å². The van der Waals surface area contributed by atoms with Crippen LogP contribution in [0.15, 0.2) is 12.1 Å². The molecule has 2 rings (SSSR count). The highest BCUT2D eigenvalue weighted by Crippen LogP contribution is 2.21. The van der Waals surface area contributed by atoms with Crippen molar-refractivity contribution in [2.75, 3.05) is 20.1 Å². The average Bonchev–Trinajstić information content (AvgIpc) is 2.32. The Morgan fingerprint density at radius 1 is 1.32 bits per heavy atom. The number of likely N-dealkylation sites (tertiary alicyclic amines) is 1. The average molecular weight is 261 g/mol. The number of aryl methyl sites for hydroxylation is 2. The van der Waals surface area contributed by atoms with Gasteiger partial charge < -0.3 is 10.2 Å². The molecule has 0 bridgehead atoms. The topological polar surface area (TPSA) is 45.2 Å². The number of aromatic nitrogens is 1. The minimum Gasteiger partial charge on any atom is -0.345 e. The van der Waals surface area contributed by atoms with Crippen LogP contribution in [0.4, 0.5) is 0 Å². The highest BCUT2D eigenvalue weighted by atomic mass is 16.2. The SMILES string of the molecule is Cc1cc(C)nc(C(=O)NC2(C)CCN(C)CC2)c1. The molecule has 1 aliphatic heterocycles. The molecule has 1 aromatic heterocycles. The molecule has 104 valence electrons. The van der Waals surface area contributed by atoms with E-state index in [0.29, 0.717) is 5.69 Å². The Balaban J connectivity index is 2.08. The largest absolute Gasteiger partial charge is 0.345 e. The maximum absolute atomic E-state index is 12.3. The quantitative estimate of drug-likeness (QED) is 0.884. The van der Waals surface area contributed by atoms with Crippen LogP contribution in [0.2, 0.25) is 0 Å². The van der Waals surface area contributed by atoms with E-state index in [9.17, 15) is 4.79 Å². The van der Waals surface area contributed by atoms with Crippen LogP contribution < -0.4 is 5.32 Å². The molecule has 1 amide bonds. The van der Waals surface area contributed by atoms with Gasteiger partial charge in [-0.1, -0.05) is 0 Å². The number of nitrogens with one attached hydrogen (secondary N) is 1. The first-order valence-corrected chi connectivity index (χ1v) is 6.84. The number of hydrogen-bond donors (Lipinski definition) is 1. The lowest BCUT2D eigenvalue weighted by Crippen LogP contribution is -2.52. The lowest BCUT2D eigenvalue weighted by molar-refractivity contribution is 0.0846. The van der Waals surface area contributed by atoms with Gasteiger partial charge in [-0.25, -0.2) is 4.98 Å². The zero-order chi connectivity index (χ0) is 14.0. The molecule has 0 radical (unpaired) electrons. The summed E-state index contributed by atoms with van der Waals surface area (Å²) in [4.78, 5) is 18.9. The van der Waals surface area contributed by atoms with Crippen molar-refractivity contribution in [3.63, 3.8) is 0 Å². The minimum atomic E-state index is -0.108.